The van der Waals surface area contributed by atoms with Gasteiger partial charge in [0, 0.05) is 16.0 Å². The maximum Gasteiger partial charge on any atom is 0.282 e. The van der Waals surface area contributed by atoms with Crippen LogP contribution in [0.4, 0.5) is 0 Å². The van der Waals surface area contributed by atoms with Crippen LogP contribution in [-0.4, -0.2) is 22.5 Å². The molecule has 1 heterocycles. The number of hydrogen-bond donors (Lipinski definition) is 0. The molecule has 0 radical (unpaired) electrons. The maximum absolute atomic E-state index is 13.5. The molecule has 40 heavy (non-hydrogen) atoms. The van der Waals surface area contributed by atoms with Crippen LogP contribution in [0.2, 0.25) is 10.0 Å². The van der Waals surface area contributed by atoms with Crippen LogP contribution in [0.1, 0.15) is 55.6 Å². The minimum atomic E-state index is -0.226. The van der Waals surface area contributed by atoms with Crippen molar-refractivity contribution in [1.82, 2.24) is 9.66 Å². The van der Waals surface area contributed by atoms with Crippen molar-refractivity contribution < 1.29 is 9.47 Å². The second-order valence-corrected chi connectivity index (χ2v) is 11.0. The maximum atomic E-state index is 13.5. The van der Waals surface area contributed by atoms with Gasteiger partial charge in [-0.2, -0.15) is 9.78 Å². The summed E-state index contributed by atoms with van der Waals surface area (Å²) in [5.41, 5.74) is 2.91. The number of nitrogens with zero attached hydrogens (tertiary/aromatic N) is 3. The van der Waals surface area contributed by atoms with Gasteiger partial charge in [0.2, 0.25) is 0 Å². The molecule has 0 amide bonds. The lowest BCUT2D eigenvalue weighted by molar-refractivity contribution is 0.267. The third kappa shape index (κ3) is 6.77. The van der Waals surface area contributed by atoms with E-state index in [4.69, 9.17) is 37.7 Å². The molecule has 1 aromatic heterocycles. The summed E-state index contributed by atoms with van der Waals surface area (Å²) >= 11 is 15.7. The zero-order valence-electron chi connectivity index (χ0n) is 22.6. The summed E-state index contributed by atoms with van der Waals surface area (Å²) in [5, 5.41) is 6.07. The summed E-state index contributed by atoms with van der Waals surface area (Å²) in [4.78, 5) is 18.3. The van der Waals surface area contributed by atoms with Gasteiger partial charge in [-0.1, -0.05) is 65.1 Å². The van der Waals surface area contributed by atoms with Gasteiger partial charge < -0.3 is 9.47 Å². The van der Waals surface area contributed by atoms with E-state index in [-0.39, 0.29) is 18.1 Å². The Morgan fingerprint density at radius 2 is 1.90 bits per heavy atom. The van der Waals surface area contributed by atoms with Crippen LogP contribution in [-0.2, 0) is 13.0 Å². The SMILES string of the molecule is C=CCc1cc(C=Nn2c([C@H](C)CC)nc3ccc(Br)cc3c2=O)cc(OCC)c1OCc1ccc(Cl)c(Cl)c1. The van der Waals surface area contributed by atoms with Gasteiger partial charge in [-0.15, -0.1) is 6.58 Å². The smallest absolute Gasteiger partial charge is 0.282 e. The average Bonchev–Trinajstić information content (AvgIpc) is 2.94. The molecule has 0 aliphatic carbocycles. The number of halogens is 3. The van der Waals surface area contributed by atoms with Crippen LogP contribution in [0.5, 0.6) is 11.5 Å². The summed E-state index contributed by atoms with van der Waals surface area (Å²) in [7, 11) is 0. The predicted octanol–water partition coefficient (Wildman–Crippen LogP) is 8.57. The largest absolute Gasteiger partial charge is 0.490 e. The van der Waals surface area contributed by atoms with Gasteiger partial charge in [0.15, 0.2) is 11.5 Å². The van der Waals surface area contributed by atoms with E-state index in [0.717, 1.165) is 27.6 Å². The number of aromatic nitrogens is 2. The number of hydrogen-bond acceptors (Lipinski definition) is 5. The summed E-state index contributed by atoms with van der Waals surface area (Å²) < 4.78 is 14.4. The fourth-order valence-corrected chi connectivity index (χ4v) is 4.86. The first-order valence-electron chi connectivity index (χ1n) is 13.0. The first kappa shape index (κ1) is 29.8. The van der Waals surface area contributed by atoms with Gasteiger partial charge in [0.05, 0.1) is 33.8 Å². The monoisotopic (exact) mass is 641 g/mol. The topological polar surface area (TPSA) is 65.7 Å². The van der Waals surface area contributed by atoms with E-state index < -0.39 is 0 Å². The van der Waals surface area contributed by atoms with Crippen LogP contribution < -0.4 is 15.0 Å². The second-order valence-electron chi connectivity index (χ2n) is 9.27. The highest BCUT2D eigenvalue weighted by Gasteiger charge is 2.17. The average molecular weight is 643 g/mol. The van der Waals surface area contributed by atoms with E-state index in [1.54, 1.807) is 30.5 Å². The normalized spacial score (nSPS) is 12.2. The molecule has 6 nitrogen and oxygen atoms in total. The Labute approximate surface area is 252 Å². The van der Waals surface area contributed by atoms with E-state index in [9.17, 15) is 4.79 Å². The molecule has 4 rings (SSSR count). The summed E-state index contributed by atoms with van der Waals surface area (Å²) in [6.07, 6.45) is 4.81. The number of benzene rings is 3. The molecule has 0 spiro atoms. The minimum Gasteiger partial charge on any atom is -0.490 e. The molecule has 0 N–H and O–H groups in total. The molecule has 208 valence electrons. The van der Waals surface area contributed by atoms with Gasteiger partial charge in [-0.3, -0.25) is 4.79 Å². The standard InChI is InChI=1S/C31H30BrCl2N3O3/c1-5-8-22-13-21(15-28(39-7-3)29(22)40-18-20-9-11-25(33)26(34)14-20)17-35-37-30(19(4)6-2)36-27-12-10-23(32)16-24(27)31(37)38/h5,9-17,19H,1,6-8,18H2,2-4H3/t19-/m1/s1. The van der Waals surface area contributed by atoms with E-state index in [1.165, 1.54) is 4.68 Å². The van der Waals surface area contributed by atoms with Crippen molar-refractivity contribution in [2.75, 3.05) is 6.61 Å². The number of rotatable bonds is 11. The Kier molecular flexibility index (Phi) is 10.1. The molecule has 0 unspecified atom stereocenters. The van der Waals surface area contributed by atoms with Crippen molar-refractivity contribution in [2.45, 2.75) is 46.1 Å². The second kappa shape index (κ2) is 13.5. The molecule has 1 atom stereocenters. The molecular formula is C31H30BrCl2N3O3. The fourth-order valence-electron chi connectivity index (χ4n) is 4.18. The van der Waals surface area contributed by atoms with Crippen molar-refractivity contribution in [3.8, 4) is 11.5 Å². The number of allylic oxidation sites excluding steroid dienone is 1. The Balaban J connectivity index is 1.76. The van der Waals surface area contributed by atoms with Gasteiger partial charge in [-0.25, -0.2) is 4.98 Å². The highest BCUT2D eigenvalue weighted by atomic mass is 79.9. The third-order valence-electron chi connectivity index (χ3n) is 6.39. The third-order valence-corrected chi connectivity index (χ3v) is 7.63. The summed E-state index contributed by atoms with van der Waals surface area (Å²) in [5.74, 6) is 1.82. The molecule has 0 saturated heterocycles. The van der Waals surface area contributed by atoms with Crippen LogP contribution in [0.25, 0.3) is 10.9 Å². The van der Waals surface area contributed by atoms with Crippen molar-refractivity contribution >= 4 is 56.2 Å². The predicted molar refractivity (Wildman–Crippen MR) is 168 cm³/mol. The lowest BCUT2D eigenvalue weighted by Gasteiger charge is -2.17. The Morgan fingerprint density at radius 3 is 2.60 bits per heavy atom. The molecule has 4 aromatic rings. The van der Waals surface area contributed by atoms with Gasteiger partial charge in [-0.05, 0) is 73.4 Å². The highest BCUT2D eigenvalue weighted by molar-refractivity contribution is 9.10. The van der Waals surface area contributed by atoms with E-state index in [0.29, 0.717) is 51.3 Å². The quantitative estimate of drug-likeness (QED) is 0.121. The fraction of sp³-hybridized carbons (Fsp3) is 0.258. The van der Waals surface area contributed by atoms with Crippen molar-refractivity contribution in [3.63, 3.8) is 0 Å². The Morgan fingerprint density at radius 1 is 1.10 bits per heavy atom. The molecule has 0 bridgehead atoms. The van der Waals surface area contributed by atoms with E-state index in [2.05, 4.69) is 34.5 Å². The Hall–Kier alpha value is -3.13. The number of ether oxygens (including phenoxy) is 2. The highest BCUT2D eigenvalue weighted by Crippen LogP contribution is 2.35. The van der Waals surface area contributed by atoms with Gasteiger partial charge in [0.1, 0.15) is 12.4 Å². The first-order chi connectivity index (χ1) is 19.2. The van der Waals surface area contributed by atoms with Crippen LogP contribution in [0.15, 0.2) is 75.6 Å². The minimum absolute atomic E-state index is 0.0327. The van der Waals surface area contributed by atoms with Crippen molar-refractivity contribution in [3.05, 3.63) is 109 Å². The lowest BCUT2D eigenvalue weighted by Crippen LogP contribution is -2.23. The molecule has 3 aromatic carbocycles. The van der Waals surface area contributed by atoms with Gasteiger partial charge in [0.25, 0.3) is 5.56 Å². The van der Waals surface area contributed by atoms with Crippen LogP contribution in [0, 0.1) is 0 Å². The number of fused-ring (bicyclic) bond motifs is 1. The molecule has 0 saturated carbocycles. The van der Waals surface area contributed by atoms with E-state index >= 15 is 0 Å². The summed E-state index contributed by atoms with van der Waals surface area (Å²) in [6, 6.07) is 14.7. The molecular weight excluding hydrogens is 613 g/mol. The van der Waals surface area contributed by atoms with Crippen molar-refractivity contribution in [2.24, 2.45) is 5.10 Å². The molecule has 0 aliphatic rings. The summed E-state index contributed by atoms with van der Waals surface area (Å²) in [6.45, 7) is 10.6. The zero-order valence-corrected chi connectivity index (χ0v) is 25.7. The van der Waals surface area contributed by atoms with Crippen LogP contribution >= 0.6 is 39.1 Å². The lowest BCUT2D eigenvalue weighted by atomic mass is 10.1. The molecule has 0 aliphatic heterocycles. The van der Waals surface area contributed by atoms with Crippen molar-refractivity contribution in [1.29, 1.82) is 0 Å². The van der Waals surface area contributed by atoms with Gasteiger partial charge >= 0.3 is 0 Å². The van der Waals surface area contributed by atoms with E-state index in [1.807, 2.05) is 44.2 Å². The van der Waals surface area contributed by atoms with Crippen LogP contribution in [0.3, 0.4) is 0 Å². The molecule has 0 fully saturated rings. The first-order valence-corrected chi connectivity index (χ1v) is 14.5. The molecule has 9 heteroatoms. The Bertz CT molecular complexity index is 1630. The zero-order chi connectivity index (χ0) is 28.8.